The smallest absolute Gasteiger partial charge is 0.129 e. The molecule has 0 amide bonds. The summed E-state index contributed by atoms with van der Waals surface area (Å²) < 4.78 is 31.7. The van der Waals surface area contributed by atoms with Gasteiger partial charge in [0.15, 0.2) is 0 Å². The maximum absolute atomic E-state index is 4.96. The van der Waals surface area contributed by atoms with E-state index < -0.39 is 0 Å². The molecule has 7 nitrogen and oxygen atoms in total. The van der Waals surface area contributed by atoms with Crippen molar-refractivity contribution in [1.82, 2.24) is 26.2 Å². The van der Waals surface area contributed by atoms with Gasteiger partial charge in [-0.3, -0.25) is 0 Å². The van der Waals surface area contributed by atoms with Crippen molar-refractivity contribution in [2.45, 2.75) is 16.1 Å². The first-order chi connectivity index (χ1) is 26.8. The average molecular weight is 786 g/mol. The van der Waals surface area contributed by atoms with Crippen molar-refractivity contribution >= 4 is 129 Å². The van der Waals surface area contributed by atoms with E-state index in [9.17, 15) is 0 Å². The third-order valence-electron chi connectivity index (χ3n) is 10.5. The monoisotopic (exact) mass is 785 g/mol. The van der Waals surface area contributed by atoms with Crippen molar-refractivity contribution < 1.29 is 0 Å². The topological polar surface area (TPSA) is 80.6 Å². The number of aromatic nitrogens is 6. The number of hydrogen-bond acceptors (Lipinski definition) is 12. The van der Waals surface area contributed by atoms with Gasteiger partial charge in [0.1, 0.15) is 33.1 Å². The standard InChI is InChI=1S/C42H23N7S5/c1-3-10-34-26(6-1)28-20-22(12-18-36(28)50-34)24-14-16-32(41-38(24)44-53-47-41)49(31-9-5-8-30-40(31)46-52-43-30)33-17-15-25(39-42(33)48-54-45-39)23-13-19-37-29(21-23)27-7-2-4-11-35(27)51-37/h1-21,26,34H. The molecule has 54 heavy (non-hydrogen) atoms. The molecule has 4 aromatic heterocycles. The summed E-state index contributed by atoms with van der Waals surface area (Å²) >= 11 is 7.46. The van der Waals surface area contributed by atoms with Gasteiger partial charge >= 0.3 is 0 Å². The molecule has 12 rings (SSSR count). The molecule has 0 bridgehead atoms. The molecule has 0 spiro atoms. The lowest BCUT2D eigenvalue weighted by Gasteiger charge is -2.26. The molecule has 256 valence electrons. The number of allylic oxidation sites excluding steroid dienone is 3. The molecule has 12 heteroatoms. The lowest BCUT2D eigenvalue weighted by atomic mass is 9.90. The van der Waals surface area contributed by atoms with Crippen LogP contribution in [-0.2, 0) is 0 Å². The molecule has 0 fully saturated rings. The Morgan fingerprint density at radius 2 is 1.17 bits per heavy atom. The lowest BCUT2D eigenvalue weighted by Crippen LogP contribution is -2.12. The minimum Gasteiger partial charge on any atom is -0.304 e. The maximum atomic E-state index is 4.96. The fourth-order valence-corrected chi connectivity index (χ4v) is 12.1. The van der Waals surface area contributed by atoms with Crippen LogP contribution in [0.2, 0.25) is 0 Å². The number of nitrogens with zero attached hydrogens (tertiary/aromatic N) is 7. The number of fused-ring (bicyclic) bond motifs is 9. The third kappa shape index (κ3) is 4.64. The number of benzene rings is 6. The zero-order valence-corrected chi connectivity index (χ0v) is 32.0. The molecule has 2 atom stereocenters. The van der Waals surface area contributed by atoms with E-state index in [-0.39, 0.29) is 0 Å². The summed E-state index contributed by atoms with van der Waals surface area (Å²) in [5.74, 6) is 0.379. The summed E-state index contributed by atoms with van der Waals surface area (Å²) in [6.45, 7) is 0. The maximum Gasteiger partial charge on any atom is 0.129 e. The molecule has 2 aliphatic rings. The zero-order chi connectivity index (χ0) is 35.3. The van der Waals surface area contributed by atoms with E-state index in [0.717, 1.165) is 72.4 Å². The van der Waals surface area contributed by atoms with Gasteiger partial charge in [-0.1, -0.05) is 60.7 Å². The van der Waals surface area contributed by atoms with Crippen LogP contribution < -0.4 is 4.90 Å². The average Bonchev–Trinajstić information content (AvgIpc) is 4.07. The SMILES string of the molecule is C1=CC2Sc3ccc(-c4ccc(N(c5cccc6nsnc56)c5ccc(-c6ccc7sc8ccccc8c7c6)c6nsnc56)c5nsnc45)cc3C2C=C1. The molecular formula is C42H23N7S5. The van der Waals surface area contributed by atoms with E-state index in [2.05, 4.69) is 125 Å². The zero-order valence-electron chi connectivity index (χ0n) is 28.0. The second-order valence-corrected chi connectivity index (χ2v) is 17.3. The Kier molecular flexibility index (Phi) is 6.94. The number of rotatable bonds is 5. The Balaban J connectivity index is 1.04. The summed E-state index contributed by atoms with van der Waals surface area (Å²) in [5.41, 5.74) is 13.4. The van der Waals surface area contributed by atoms with Gasteiger partial charge in [0, 0.05) is 47.4 Å². The first kappa shape index (κ1) is 31.0. The summed E-state index contributed by atoms with van der Waals surface area (Å²) in [5, 5.41) is 2.97. The highest BCUT2D eigenvalue weighted by molar-refractivity contribution is 8.00. The van der Waals surface area contributed by atoms with Crippen LogP contribution in [0.1, 0.15) is 11.5 Å². The molecule has 1 aliphatic carbocycles. The largest absolute Gasteiger partial charge is 0.304 e. The molecule has 5 heterocycles. The summed E-state index contributed by atoms with van der Waals surface area (Å²) in [6.07, 6.45) is 8.96. The van der Waals surface area contributed by atoms with E-state index in [1.807, 2.05) is 35.2 Å². The second kappa shape index (κ2) is 12.1. The van der Waals surface area contributed by atoms with Crippen molar-refractivity contribution in [3.8, 4) is 22.3 Å². The van der Waals surface area contributed by atoms with E-state index in [4.69, 9.17) is 21.9 Å². The number of anilines is 3. The van der Waals surface area contributed by atoms with Crippen LogP contribution in [0.5, 0.6) is 0 Å². The van der Waals surface area contributed by atoms with Gasteiger partial charge < -0.3 is 4.90 Å². The highest BCUT2D eigenvalue weighted by Crippen LogP contribution is 2.51. The highest BCUT2D eigenvalue weighted by atomic mass is 32.2. The summed E-state index contributed by atoms with van der Waals surface area (Å²) in [4.78, 5) is 3.57. The fraction of sp³-hybridized carbons (Fsp3) is 0.0476. The number of thioether (sulfide) groups is 1. The predicted octanol–water partition coefficient (Wildman–Crippen LogP) is 12.6. The normalized spacial score (nSPS) is 16.3. The van der Waals surface area contributed by atoms with Crippen LogP contribution in [-0.4, -0.2) is 31.5 Å². The van der Waals surface area contributed by atoms with Crippen LogP contribution >= 0.6 is 58.3 Å². The minimum absolute atomic E-state index is 0.379. The van der Waals surface area contributed by atoms with Crippen molar-refractivity contribution in [1.29, 1.82) is 0 Å². The highest BCUT2D eigenvalue weighted by Gasteiger charge is 2.32. The second-order valence-electron chi connectivity index (χ2n) is 13.4. The molecule has 0 radical (unpaired) electrons. The minimum atomic E-state index is 0.379. The molecular weight excluding hydrogens is 763 g/mol. The van der Waals surface area contributed by atoms with Gasteiger partial charge in [-0.05, 0) is 83.4 Å². The number of thiophene rings is 1. The van der Waals surface area contributed by atoms with Crippen molar-refractivity contribution in [2.75, 3.05) is 4.90 Å². The van der Waals surface area contributed by atoms with Crippen molar-refractivity contribution in [2.24, 2.45) is 0 Å². The quantitative estimate of drug-likeness (QED) is 0.171. The van der Waals surface area contributed by atoms with Crippen LogP contribution in [0.15, 0.2) is 132 Å². The van der Waals surface area contributed by atoms with Crippen LogP contribution in [0.3, 0.4) is 0 Å². The molecule has 6 aromatic carbocycles. The molecule has 0 saturated heterocycles. The Hall–Kier alpha value is -5.37. The van der Waals surface area contributed by atoms with E-state index in [1.165, 1.54) is 65.8 Å². The Morgan fingerprint density at radius 3 is 2.00 bits per heavy atom. The van der Waals surface area contributed by atoms with Crippen LogP contribution in [0.4, 0.5) is 17.1 Å². The molecule has 0 saturated carbocycles. The van der Waals surface area contributed by atoms with E-state index in [0.29, 0.717) is 11.2 Å². The van der Waals surface area contributed by atoms with E-state index in [1.54, 1.807) is 0 Å². The Bertz CT molecular complexity index is 3210. The number of hydrogen-bond donors (Lipinski definition) is 0. The summed E-state index contributed by atoms with van der Waals surface area (Å²) in [6, 6.07) is 37.0. The van der Waals surface area contributed by atoms with Crippen LogP contribution in [0.25, 0.3) is 75.5 Å². The van der Waals surface area contributed by atoms with Gasteiger partial charge in [-0.2, -0.15) is 26.2 Å². The Labute approximate surface area is 328 Å². The van der Waals surface area contributed by atoms with Gasteiger partial charge in [0.2, 0.25) is 0 Å². The first-order valence-electron chi connectivity index (χ1n) is 17.4. The molecule has 10 aromatic rings. The third-order valence-corrected chi connectivity index (χ3v) is 14.6. The van der Waals surface area contributed by atoms with Gasteiger partial charge in [-0.15, -0.1) is 23.1 Å². The van der Waals surface area contributed by atoms with Crippen molar-refractivity contribution in [3.63, 3.8) is 0 Å². The van der Waals surface area contributed by atoms with Gasteiger partial charge in [0.05, 0.1) is 52.2 Å². The predicted molar refractivity (Wildman–Crippen MR) is 228 cm³/mol. The van der Waals surface area contributed by atoms with Gasteiger partial charge in [-0.25, -0.2) is 0 Å². The molecule has 0 N–H and O–H groups in total. The Morgan fingerprint density at radius 1 is 0.500 bits per heavy atom. The van der Waals surface area contributed by atoms with Crippen molar-refractivity contribution in [3.05, 3.63) is 133 Å². The molecule has 2 unspecified atom stereocenters. The lowest BCUT2D eigenvalue weighted by molar-refractivity contribution is 0.881. The summed E-state index contributed by atoms with van der Waals surface area (Å²) in [7, 11) is 0. The van der Waals surface area contributed by atoms with E-state index >= 15 is 0 Å². The molecule has 1 aliphatic heterocycles. The van der Waals surface area contributed by atoms with Gasteiger partial charge in [0.25, 0.3) is 0 Å². The fourth-order valence-electron chi connectivity index (χ4n) is 8.00. The van der Waals surface area contributed by atoms with Crippen LogP contribution in [0, 0.1) is 0 Å². The first-order valence-corrected chi connectivity index (χ1v) is 21.3.